The molecule has 0 amide bonds. The molecule has 41 heavy (non-hydrogen) atoms. The number of aliphatic hydroxyl groups is 2. The first kappa shape index (κ1) is 38.7. The Morgan fingerprint density at radius 1 is 0.756 bits per heavy atom. The van der Waals surface area contributed by atoms with Crippen LogP contribution in [0.2, 0.25) is 0 Å². The van der Waals surface area contributed by atoms with E-state index in [0.29, 0.717) is 12.8 Å². The number of aliphatic hydroxyl groups excluding tert-OH is 2. The summed E-state index contributed by atoms with van der Waals surface area (Å²) in [7, 11) is -4.61. The zero-order valence-electron chi connectivity index (χ0n) is 24.5. The van der Waals surface area contributed by atoms with E-state index in [4.69, 9.17) is 19.1 Å². The Bertz CT molecular complexity index is 878. The monoisotopic (exact) mass is 600 g/mol. The van der Waals surface area contributed by atoms with E-state index in [9.17, 15) is 24.2 Å². The number of carbonyl (C=O) groups is 2. The molecule has 3 N–H and O–H groups in total. The highest BCUT2D eigenvalue weighted by Gasteiger charge is 2.26. The van der Waals surface area contributed by atoms with Gasteiger partial charge in [0, 0.05) is 6.42 Å². The number of unbranched alkanes of at least 4 members (excludes halogenated alkanes) is 2. The molecule has 0 saturated carbocycles. The molecule has 0 spiro atoms. The average molecular weight is 601 g/mol. The van der Waals surface area contributed by atoms with Gasteiger partial charge in [-0.2, -0.15) is 0 Å². The van der Waals surface area contributed by atoms with Crippen molar-refractivity contribution in [2.75, 3.05) is 26.4 Å². The second-order valence-corrected chi connectivity index (χ2v) is 10.5. The number of phosphoric acid groups is 1. The molecule has 0 aromatic heterocycles. The standard InChI is InChI=1S/C30H49O10P/c1-3-5-7-8-9-10-11-12-13-14-15-16-17-18-20-22-30(34)40-28(25-37-29(33)21-19-6-4-2)26-39-41(35,36)38-24-27(32)23-31/h5,7,9-10,12-13,15-16,18,20,27-28,31-32H,3-4,6,8,11,14,17,19,21-26H2,1-2H3,(H,35,36)/b7-5-,10-9-,13-12-,16-15-,20-18-. The van der Waals surface area contributed by atoms with Gasteiger partial charge in [-0.25, -0.2) is 4.57 Å². The van der Waals surface area contributed by atoms with Gasteiger partial charge in [-0.1, -0.05) is 87.4 Å². The van der Waals surface area contributed by atoms with E-state index < -0.39 is 51.8 Å². The van der Waals surface area contributed by atoms with Crippen LogP contribution in [-0.2, 0) is 32.7 Å². The Morgan fingerprint density at radius 2 is 1.29 bits per heavy atom. The Kier molecular flexibility index (Phi) is 25.1. The third-order valence-electron chi connectivity index (χ3n) is 5.22. The van der Waals surface area contributed by atoms with Crippen molar-refractivity contribution < 1.29 is 47.8 Å². The van der Waals surface area contributed by atoms with Crippen LogP contribution < -0.4 is 0 Å². The summed E-state index contributed by atoms with van der Waals surface area (Å²) in [6.45, 7) is 1.88. The maximum absolute atomic E-state index is 12.3. The Labute approximate surface area is 245 Å². The Hall–Kier alpha value is -2.33. The van der Waals surface area contributed by atoms with Crippen molar-refractivity contribution in [3.8, 4) is 0 Å². The molecule has 234 valence electrons. The smallest absolute Gasteiger partial charge is 0.462 e. The second-order valence-electron chi connectivity index (χ2n) is 9.06. The highest BCUT2D eigenvalue weighted by Crippen LogP contribution is 2.43. The molecular formula is C30H49O10P. The fourth-order valence-corrected chi connectivity index (χ4v) is 3.80. The highest BCUT2D eigenvalue weighted by atomic mass is 31.2. The van der Waals surface area contributed by atoms with Gasteiger partial charge in [0.25, 0.3) is 0 Å². The van der Waals surface area contributed by atoms with Gasteiger partial charge < -0.3 is 24.6 Å². The maximum Gasteiger partial charge on any atom is 0.472 e. The van der Waals surface area contributed by atoms with Crippen molar-refractivity contribution in [2.45, 2.75) is 90.3 Å². The lowest BCUT2D eigenvalue weighted by Gasteiger charge is -2.20. The fourth-order valence-electron chi connectivity index (χ4n) is 3.01. The van der Waals surface area contributed by atoms with Crippen molar-refractivity contribution in [3.63, 3.8) is 0 Å². The fraction of sp³-hybridized carbons (Fsp3) is 0.600. The predicted molar refractivity (Wildman–Crippen MR) is 159 cm³/mol. The molecule has 0 aromatic carbocycles. The van der Waals surface area contributed by atoms with Crippen molar-refractivity contribution in [1.82, 2.24) is 0 Å². The molecular weight excluding hydrogens is 551 g/mol. The summed E-state index contributed by atoms with van der Waals surface area (Å²) in [6, 6.07) is 0. The molecule has 0 saturated heterocycles. The topological polar surface area (TPSA) is 149 Å². The summed E-state index contributed by atoms with van der Waals surface area (Å²) in [5.74, 6) is -1.11. The van der Waals surface area contributed by atoms with Crippen LogP contribution in [0.25, 0.3) is 0 Å². The van der Waals surface area contributed by atoms with Crippen molar-refractivity contribution in [1.29, 1.82) is 0 Å². The molecule has 0 aliphatic rings. The van der Waals surface area contributed by atoms with Crippen LogP contribution in [0.15, 0.2) is 60.8 Å². The van der Waals surface area contributed by atoms with Gasteiger partial charge in [0.1, 0.15) is 12.7 Å². The zero-order chi connectivity index (χ0) is 30.6. The van der Waals surface area contributed by atoms with E-state index in [1.165, 1.54) is 0 Å². The average Bonchev–Trinajstić information content (AvgIpc) is 2.95. The largest absolute Gasteiger partial charge is 0.472 e. The first-order valence-electron chi connectivity index (χ1n) is 14.2. The quantitative estimate of drug-likeness (QED) is 0.0519. The van der Waals surface area contributed by atoms with Crippen molar-refractivity contribution >= 4 is 19.8 Å². The van der Waals surface area contributed by atoms with Gasteiger partial charge in [-0.05, 0) is 38.5 Å². The second kappa shape index (κ2) is 26.6. The number of rotatable bonds is 25. The summed E-state index contributed by atoms with van der Waals surface area (Å²) >= 11 is 0. The van der Waals surface area contributed by atoms with E-state index in [2.05, 4.69) is 47.9 Å². The van der Waals surface area contributed by atoms with Crippen LogP contribution in [0.1, 0.15) is 78.1 Å². The number of hydrogen-bond acceptors (Lipinski definition) is 9. The normalized spacial score (nSPS) is 15.3. The van der Waals surface area contributed by atoms with Crippen LogP contribution in [0.5, 0.6) is 0 Å². The van der Waals surface area contributed by atoms with Crippen LogP contribution in [0, 0.1) is 0 Å². The van der Waals surface area contributed by atoms with Crippen molar-refractivity contribution in [2.24, 2.45) is 0 Å². The Balaban J connectivity index is 4.57. The van der Waals surface area contributed by atoms with Gasteiger partial charge in [-0.15, -0.1) is 0 Å². The highest BCUT2D eigenvalue weighted by molar-refractivity contribution is 7.47. The maximum atomic E-state index is 12.3. The van der Waals surface area contributed by atoms with Crippen LogP contribution >= 0.6 is 7.82 Å². The lowest BCUT2D eigenvalue weighted by molar-refractivity contribution is -0.160. The molecule has 0 aromatic rings. The molecule has 10 nitrogen and oxygen atoms in total. The molecule has 0 aliphatic heterocycles. The van der Waals surface area contributed by atoms with E-state index in [0.717, 1.165) is 38.5 Å². The minimum atomic E-state index is -4.61. The lowest BCUT2D eigenvalue weighted by atomic mass is 10.2. The Morgan fingerprint density at radius 3 is 1.83 bits per heavy atom. The SMILES string of the molecule is CC/C=C\C/C=C\C/C=C\C/C=C\C/C=C\CC(=O)OC(COC(=O)CCCCC)COP(=O)(O)OCC(O)CO. The molecule has 0 aliphatic carbocycles. The van der Waals surface area contributed by atoms with Crippen LogP contribution in [-0.4, -0.2) is 65.7 Å². The van der Waals surface area contributed by atoms with Gasteiger partial charge in [0.2, 0.25) is 0 Å². The number of allylic oxidation sites excluding steroid dienone is 9. The molecule has 0 rings (SSSR count). The number of esters is 2. The third kappa shape index (κ3) is 26.3. The van der Waals surface area contributed by atoms with Gasteiger partial charge in [-0.3, -0.25) is 18.6 Å². The van der Waals surface area contributed by atoms with Gasteiger partial charge in [0.15, 0.2) is 6.10 Å². The number of carbonyl (C=O) groups excluding carboxylic acids is 2. The molecule has 11 heteroatoms. The molecule has 3 atom stereocenters. The zero-order valence-corrected chi connectivity index (χ0v) is 25.4. The van der Waals surface area contributed by atoms with E-state index in [1.807, 2.05) is 25.2 Å². The molecule has 0 heterocycles. The first-order chi connectivity index (χ1) is 19.7. The third-order valence-corrected chi connectivity index (χ3v) is 6.17. The van der Waals surface area contributed by atoms with Crippen molar-refractivity contribution in [3.05, 3.63) is 60.8 Å². The van der Waals surface area contributed by atoms with Crippen LogP contribution in [0.4, 0.5) is 0 Å². The van der Waals surface area contributed by atoms with Gasteiger partial charge in [0.05, 0.1) is 26.2 Å². The summed E-state index contributed by atoms with van der Waals surface area (Å²) in [4.78, 5) is 34.0. The van der Waals surface area contributed by atoms with E-state index >= 15 is 0 Å². The molecule has 0 bridgehead atoms. The van der Waals surface area contributed by atoms with Crippen LogP contribution in [0.3, 0.4) is 0 Å². The summed E-state index contributed by atoms with van der Waals surface area (Å²) < 4.78 is 31.9. The number of ether oxygens (including phenoxy) is 2. The minimum absolute atomic E-state index is 0.0511. The molecule has 0 fully saturated rings. The summed E-state index contributed by atoms with van der Waals surface area (Å²) in [6.07, 6.45) is 24.7. The molecule has 3 unspecified atom stereocenters. The lowest BCUT2D eigenvalue weighted by Crippen LogP contribution is -2.29. The summed E-state index contributed by atoms with van der Waals surface area (Å²) in [5, 5.41) is 18.1. The van der Waals surface area contributed by atoms with E-state index in [-0.39, 0.29) is 19.4 Å². The number of phosphoric ester groups is 1. The summed E-state index contributed by atoms with van der Waals surface area (Å²) in [5.41, 5.74) is 0. The number of hydrogen-bond donors (Lipinski definition) is 3. The minimum Gasteiger partial charge on any atom is -0.462 e. The van der Waals surface area contributed by atoms with E-state index in [1.54, 1.807) is 6.08 Å². The molecule has 0 radical (unpaired) electrons. The predicted octanol–water partition coefficient (Wildman–Crippen LogP) is 5.65. The van der Waals surface area contributed by atoms with Gasteiger partial charge >= 0.3 is 19.8 Å². The first-order valence-corrected chi connectivity index (χ1v) is 15.7.